The van der Waals surface area contributed by atoms with Crippen LogP contribution in [0, 0.1) is 6.92 Å². The highest BCUT2D eigenvalue weighted by molar-refractivity contribution is 6.02. The van der Waals surface area contributed by atoms with Gasteiger partial charge in [-0.15, -0.1) is 0 Å². The Balaban J connectivity index is 1.64. The number of nitrogens with one attached hydrogen (secondary N) is 3. The molecule has 1 aromatic carbocycles. The number of aryl methyl sites for hydroxylation is 1. The minimum absolute atomic E-state index is 0.0779. The van der Waals surface area contributed by atoms with Crippen LogP contribution in [-0.4, -0.2) is 32.2 Å². The molecule has 11 nitrogen and oxygen atoms in total. The summed E-state index contributed by atoms with van der Waals surface area (Å²) in [5.41, 5.74) is -1.22. The van der Waals surface area contributed by atoms with E-state index in [9.17, 15) is 19.2 Å². The van der Waals surface area contributed by atoms with Crippen molar-refractivity contribution in [3.63, 3.8) is 0 Å². The number of carbonyl (C=O) groups is 1. The highest BCUT2D eigenvalue weighted by atomic mass is 16.7. The molecule has 2 aromatic heterocycles. The van der Waals surface area contributed by atoms with E-state index >= 15 is 0 Å². The van der Waals surface area contributed by atoms with Gasteiger partial charge in [-0.2, -0.15) is 0 Å². The number of hydrogen-bond acceptors (Lipinski definition) is 7. The van der Waals surface area contributed by atoms with Crippen molar-refractivity contribution >= 4 is 11.9 Å². The molecule has 0 spiro atoms. The molecule has 3 N–H and O–H groups in total. The van der Waals surface area contributed by atoms with Crippen LogP contribution in [0.15, 0.2) is 44.8 Å². The van der Waals surface area contributed by atoms with Gasteiger partial charge in [0.1, 0.15) is 5.56 Å². The van der Waals surface area contributed by atoms with Crippen LogP contribution in [0.25, 0.3) is 0 Å². The number of rotatable bonds is 4. The Hall–Kier alpha value is -4.15. The molecular formula is C18H15N5O6. The maximum atomic E-state index is 12.7. The summed E-state index contributed by atoms with van der Waals surface area (Å²) in [7, 11) is 0. The van der Waals surface area contributed by atoms with Crippen molar-refractivity contribution in [1.29, 1.82) is 0 Å². The van der Waals surface area contributed by atoms with Crippen LogP contribution in [0.4, 0.5) is 5.95 Å². The fourth-order valence-corrected chi connectivity index (χ4v) is 2.85. The Morgan fingerprint density at radius 2 is 2.00 bits per heavy atom. The standard InChI is InChI=1S/C18H15N5O6/c1-9-4-14(24)21-17(20-9)22-15(25)11-6-19-18(27)23(16(11)26)7-10-2-3-12-13(5-10)29-8-28-12/h2-6H,7-8H2,1H3,(H,19,27)(H2,20,21,22,24,25). The molecule has 0 radical (unpaired) electrons. The van der Waals surface area contributed by atoms with Crippen LogP contribution in [0.1, 0.15) is 21.6 Å². The van der Waals surface area contributed by atoms with Gasteiger partial charge in [0.05, 0.1) is 6.54 Å². The molecule has 1 aliphatic rings. The number of amides is 1. The third-order valence-corrected chi connectivity index (χ3v) is 4.18. The zero-order chi connectivity index (χ0) is 20.5. The second-order valence-corrected chi connectivity index (χ2v) is 6.28. The van der Waals surface area contributed by atoms with Crippen molar-refractivity contribution < 1.29 is 14.3 Å². The van der Waals surface area contributed by atoms with Crippen LogP contribution in [0.3, 0.4) is 0 Å². The lowest BCUT2D eigenvalue weighted by molar-refractivity contribution is 0.102. The Labute approximate surface area is 162 Å². The smallest absolute Gasteiger partial charge is 0.328 e. The maximum absolute atomic E-state index is 12.7. The average molecular weight is 397 g/mol. The molecule has 11 heteroatoms. The number of aromatic nitrogens is 4. The summed E-state index contributed by atoms with van der Waals surface area (Å²) < 4.78 is 11.4. The largest absolute Gasteiger partial charge is 0.454 e. The number of hydrogen-bond donors (Lipinski definition) is 3. The topological polar surface area (TPSA) is 148 Å². The van der Waals surface area contributed by atoms with E-state index in [0.717, 1.165) is 10.8 Å². The van der Waals surface area contributed by atoms with Crippen molar-refractivity contribution in [1.82, 2.24) is 19.5 Å². The molecule has 29 heavy (non-hydrogen) atoms. The molecule has 1 amide bonds. The van der Waals surface area contributed by atoms with E-state index in [2.05, 4.69) is 20.3 Å². The number of anilines is 1. The van der Waals surface area contributed by atoms with Gasteiger partial charge in [0, 0.05) is 18.0 Å². The summed E-state index contributed by atoms with van der Waals surface area (Å²) in [6.45, 7) is 1.61. The Morgan fingerprint density at radius 3 is 2.79 bits per heavy atom. The first-order valence-corrected chi connectivity index (χ1v) is 8.51. The zero-order valence-electron chi connectivity index (χ0n) is 15.1. The van der Waals surface area contributed by atoms with E-state index in [0.29, 0.717) is 22.8 Å². The molecule has 1 aliphatic heterocycles. The molecule has 0 saturated heterocycles. The van der Waals surface area contributed by atoms with Crippen molar-refractivity contribution in [2.24, 2.45) is 0 Å². The van der Waals surface area contributed by atoms with Crippen LogP contribution in [0.5, 0.6) is 11.5 Å². The van der Waals surface area contributed by atoms with E-state index in [4.69, 9.17) is 9.47 Å². The molecule has 148 valence electrons. The van der Waals surface area contributed by atoms with E-state index in [1.807, 2.05) is 0 Å². The Bertz CT molecular complexity index is 1290. The molecule has 0 fully saturated rings. The fraction of sp³-hybridized carbons (Fsp3) is 0.167. The average Bonchev–Trinajstić information content (AvgIpc) is 3.12. The summed E-state index contributed by atoms with van der Waals surface area (Å²) in [5.74, 6) is 0.158. The molecule has 0 saturated carbocycles. The third kappa shape index (κ3) is 3.65. The summed E-state index contributed by atoms with van der Waals surface area (Å²) in [6.07, 6.45) is 1.02. The predicted octanol–water partition coefficient (Wildman–Crippen LogP) is -0.0424. The van der Waals surface area contributed by atoms with Crippen LogP contribution >= 0.6 is 0 Å². The fourth-order valence-electron chi connectivity index (χ4n) is 2.85. The van der Waals surface area contributed by atoms with Gasteiger partial charge < -0.3 is 14.5 Å². The van der Waals surface area contributed by atoms with Crippen LogP contribution in [0.2, 0.25) is 0 Å². The van der Waals surface area contributed by atoms with Gasteiger partial charge >= 0.3 is 5.69 Å². The van der Waals surface area contributed by atoms with Crippen molar-refractivity contribution in [3.8, 4) is 11.5 Å². The second-order valence-electron chi connectivity index (χ2n) is 6.28. The lowest BCUT2D eigenvalue weighted by Gasteiger charge is -2.08. The van der Waals surface area contributed by atoms with E-state index in [1.165, 1.54) is 6.07 Å². The quantitative estimate of drug-likeness (QED) is 0.559. The minimum Gasteiger partial charge on any atom is -0.454 e. The first-order valence-electron chi connectivity index (χ1n) is 8.51. The van der Waals surface area contributed by atoms with Gasteiger partial charge in [-0.3, -0.25) is 29.3 Å². The zero-order valence-corrected chi connectivity index (χ0v) is 15.1. The van der Waals surface area contributed by atoms with Crippen molar-refractivity contribution in [2.75, 3.05) is 12.1 Å². The number of carbonyl (C=O) groups excluding carboxylic acids is 1. The molecule has 3 aromatic rings. The number of fused-ring (bicyclic) bond motifs is 1. The van der Waals surface area contributed by atoms with Gasteiger partial charge in [-0.1, -0.05) is 6.07 Å². The molecule has 0 unspecified atom stereocenters. The Kier molecular flexibility index (Phi) is 4.47. The number of H-pyrrole nitrogens is 2. The summed E-state index contributed by atoms with van der Waals surface area (Å²) in [6, 6.07) is 6.27. The van der Waals surface area contributed by atoms with Gasteiger partial charge in [0.25, 0.3) is 17.0 Å². The molecular weight excluding hydrogens is 382 g/mol. The van der Waals surface area contributed by atoms with Gasteiger partial charge in [0.15, 0.2) is 11.5 Å². The third-order valence-electron chi connectivity index (χ3n) is 4.18. The molecule has 0 bridgehead atoms. The number of ether oxygens (including phenoxy) is 2. The number of benzene rings is 1. The van der Waals surface area contributed by atoms with E-state index in [-0.39, 0.29) is 24.8 Å². The highest BCUT2D eigenvalue weighted by Gasteiger charge is 2.18. The number of nitrogens with zero attached hydrogens (tertiary/aromatic N) is 2. The van der Waals surface area contributed by atoms with Gasteiger partial charge in [-0.25, -0.2) is 9.78 Å². The van der Waals surface area contributed by atoms with Crippen LogP contribution in [-0.2, 0) is 6.54 Å². The van der Waals surface area contributed by atoms with E-state index < -0.39 is 22.7 Å². The summed E-state index contributed by atoms with van der Waals surface area (Å²) >= 11 is 0. The van der Waals surface area contributed by atoms with Crippen molar-refractivity contribution in [3.05, 3.63) is 78.5 Å². The van der Waals surface area contributed by atoms with Gasteiger partial charge in [-0.05, 0) is 24.6 Å². The molecule has 4 rings (SSSR count). The lowest BCUT2D eigenvalue weighted by atomic mass is 10.2. The lowest BCUT2D eigenvalue weighted by Crippen LogP contribution is -2.39. The van der Waals surface area contributed by atoms with Crippen LogP contribution < -0.4 is 31.6 Å². The summed E-state index contributed by atoms with van der Waals surface area (Å²) in [5, 5.41) is 2.35. The first kappa shape index (κ1) is 18.2. The molecule has 0 aliphatic carbocycles. The Morgan fingerprint density at radius 1 is 1.21 bits per heavy atom. The highest BCUT2D eigenvalue weighted by Crippen LogP contribution is 2.32. The van der Waals surface area contributed by atoms with Gasteiger partial charge in [0.2, 0.25) is 12.7 Å². The molecule has 0 atom stereocenters. The minimum atomic E-state index is -0.820. The maximum Gasteiger partial charge on any atom is 0.328 e. The normalized spacial score (nSPS) is 12.0. The van der Waals surface area contributed by atoms with E-state index in [1.54, 1.807) is 25.1 Å². The SMILES string of the molecule is Cc1cc(=O)[nH]c(NC(=O)c2c[nH]c(=O)n(Cc3ccc4c(c3)OCO4)c2=O)n1. The first-order chi connectivity index (χ1) is 13.9. The van der Waals surface area contributed by atoms with Crippen molar-refractivity contribution in [2.45, 2.75) is 13.5 Å². The summed E-state index contributed by atoms with van der Waals surface area (Å²) in [4.78, 5) is 57.6. The monoisotopic (exact) mass is 397 g/mol. The molecule has 3 heterocycles. The number of aromatic amines is 2. The second kappa shape index (κ2) is 7.11. The predicted molar refractivity (Wildman–Crippen MR) is 101 cm³/mol.